The Morgan fingerprint density at radius 2 is 1.80 bits per heavy atom. The van der Waals surface area contributed by atoms with Crippen LogP contribution in [0.2, 0.25) is 0 Å². The summed E-state index contributed by atoms with van der Waals surface area (Å²) in [5.74, 6) is 0.785. The number of rotatable bonds is 5. The number of amides is 1. The van der Waals surface area contributed by atoms with Gasteiger partial charge in [0, 0.05) is 16.9 Å². The summed E-state index contributed by atoms with van der Waals surface area (Å²) < 4.78 is 11.7. The quantitative estimate of drug-likeness (QED) is 0.750. The summed E-state index contributed by atoms with van der Waals surface area (Å²) in [6.07, 6.45) is -0.419. The smallest absolute Gasteiger partial charge is 0.407 e. The van der Waals surface area contributed by atoms with Gasteiger partial charge in [-0.3, -0.25) is 0 Å². The molecule has 0 aliphatic rings. The minimum atomic E-state index is -0.521. The van der Waals surface area contributed by atoms with Crippen LogP contribution in [0.5, 0.6) is 5.75 Å². The monoisotopic (exact) mass is 405 g/mol. The zero-order valence-corrected chi connectivity index (χ0v) is 16.6. The van der Waals surface area contributed by atoms with Crippen molar-refractivity contribution in [3.63, 3.8) is 0 Å². The van der Waals surface area contributed by atoms with Gasteiger partial charge >= 0.3 is 6.09 Å². The van der Waals surface area contributed by atoms with Gasteiger partial charge in [0.05, 0.1) is 7.11 Å². The highest BCUT2D eigenvalue weighted by molar-refractivity contribution is 9.10. The number of nitrogens with one attached hydrogen (secondary N) is 1. The highest BCUT2D eigenvalue weighted by Gasteiger charge is 2.20. The zero-order chi connectivity index (χ0) is 18.4. The summed E-state index contributed by atoms with van der Waals surface area (Å²) in [6, 6.07) is 16.0. The minimum absolute atomic E-state index is 0.00396. The van der Waals surface area contributed by atoms with Crippen molar-refractivity contribution in [2.75, 3.05) is 13.7 Å². The molecule has 0 heterocycles. The molecule has 1 atom stereocenters. The molecular weight excluding hydrogens is 382 g/mol. The van der Waals surface area contributed by atoms with E-state index in [1.165, 1.54) is 0 Å². The second-order valence-electron chi connectivity index (χ2n) is 6.76. The standard InChI is InChI=1S/C20H24BrNO3/c1-20(2,3)25-19(23)22-13-18(14-8-10-16(21)11-9-14)15-6-5-7-17(12-15)24-4/h5-12,18H,13H2,1-4H3,(H,22,23). The van der Waals surface area contributed by atoms with Gasteiger partial charge in [-0.1, -0.05) is 40.2 Å². The van der Waals surface area contributed by atoms with E-state index >= 15 is 0 Å². The van der Waals surface area contributed by atoms with Crippen molar-refractivity contribution < 1.29 is 14.3 Å². The van der Waals surface area contributed by atoms with Crippen LogP contribution in [-0.2, 0) is 4.74 Å². The maximum Gasteiger partial charge on any atom is 0.407 e. The maximum atomic E-state index is 12.0. The summed E-state index contributed by atoms with van der Waals surface area (Å²) in [7, 11) is 1.65. The van der Waals surface area contributed by atoms with Crippen LogP contribution in [0.4, 0.5) is 4.79 Å². The lowest BCUT2D eigenvalue weighted by Gasteiger charge is -2.23. The van der Waals surface area contributed by atoms with Gasteiger partial charge in [0.25, 0.3) is 0 Å². The number of carbonyl (C=O) groups excluding carboxylic acids is 1. The average Bonchev–Trinajstić information content (AvgIpc) is 2.55. The average molecular weight is 406 g/mol. The molecule has 2 aromatic carbocycles. The van der Waals surface area contributed by atoms with Gasteiger partial charge in [-0.05, 0) is 56.2 Å². The molecule has 0 spiro atoms. The number of carbonyl (C=O) groups is 1. The predicted octanol–water partition coefficient (Wildman–Crippen LogP) is 5.11. The molecule has 1 N–H and O–H groups in total. The lowest BCUT2D eigenvalue weighted by atomic mass is 9.91. The molecule has 5 heteroatoms. The van der Waals surface area contributed by atoms with Crippen molar-refractivity contribution >= 4 is 22.0 Å². The van der Waals surface area contributed by atoms with Crippen LogP contribution >= 0.6 is 15.9 Å². The molecule has 0 aliphatic heterocycles. The number of benzene rings is 2. The van der Waals surface area contributed by atoms with Gasteiger partial charge in [-0.2, -0.15) is 0 Å². The van der Waals surface area contributed by atoms with Gasteiger partial charge in [-0.15, -0.1) is 0 Å². The van der Waals surface area contributed by atoms with E-state index in [-0.39, 0.29) is 5.92 Å². The predicted molar refractivity (Wildman–Crippen MR) is 103 cm³/mol. The molecule has 2 rings (SSSR count). The van der Waals surface area contributed by atoms with Crippen LogP contribution in [0.25, 0.3) is 0 Å². The number of hydrogen-bond acceptors (Lipinski definition) is 3. The molecule has 2 aromatic rings. The normalized spacial score (nSPS) is 12.4. The van der Waals surface area contributed by atoms with Crippen LogP contribution in [0, 0.1) is 0 Å². The molecule has 0 aromatic heterocycles. The molecule has 0 radical (unpaired) electrons. The Kier molecular flexibility index (Phi) is 6.48. The fraction of sp³-hybridized carbons (Fsp3) is 0.350. The molecule has 134 valence electrons. The van der Waals surface area contributed by atoms with Crippen LogP contribution in [-0.4, -0.2) is 25.3 Å². The first-order chi connectivity index (χ1) is 11.8. The Bertz CT molecular complexity index is 708. The molecule has 4 nitrogen and oxygen atoms in total. The Hall–Kier alpha value is -2.01. The second-order valence-corrected chi connectivity index (χ2v) is 7.68. The number of ether oxygens (including phenoxy) is 2. The molecule has 0 fully saturated rings. The first-order valence-corrected chi connectivity index (χ1v) is 8.94. The van der Waals surface area contributed by atoms with Crippen molar-refractivity contribution in [1.29, 1.82) is 0 Å². The first kappa shape index (κ1) is 19.3. The third-order valence-corrected chi connectivity index (χ3v) is 4.15. The molecule has 0 aliphatic carbocycles. The topological polar surface area (TPSA) is 47.6 Å². The number of methoxy groups -OCH3 is 1. The van der Waals surface area contributed by atoms with Gasteiger partial charge in [0.1, 0.15) is 11.4 Å². The Morgan fingerprint density at radius 1 is 1.12 bits per heavy atom. The maximum absolute atomic E-state index is 12.0. The number of alkyl carbamates (subject to hydrolysis) is 1. The van der Waals surface area contributed by atoms with Crippen molar-refractivity contribution in [3.05, 3.63) is 64.1 Å². The van der Waals surface area contributed by atoms with E-state index < -0.39 is 11.7 Å². The van der Waals surface area contributed by atoms with Crippen molar-refractivity contribution in [2.24, 2.45) is 0 Å². The Labute approximate surface area is 157 Å². The number of halogens is 1. The number of hydrogen-bond donors (Lipinski definition) is 1. The van der Waals surface area contributed by atoms with Crippen molar-refractivity contribution in [3.8, 4) is 5.75 Å². The van der Waals surface area contributed by atoms with Crippen molar-refractivity contribution in [2.45, 2.75) is 32.3 Å². The van der Waals surface area contributed by atoms with Crippen LogP contribution in [0.3, 0.4) is 0 Å². The first-order valence-electron chi connectivity index (χ1n) is 8.15. The van der Waals surface area contributed by atoms with Gasteiger partial charge in [0.2, 0.25) is 0 Å². The molecule has 0 saturated carbocycles. The lowest BCUT2D eigenvalue weighted by Crippen LogP contribution is -2.35. The summed E-state index contributed by atoms with van der Waals surface area (Å²) in [4.78, 5) is 12.0. The van der Waals surface area contributed by atoms with E-state index in [0.717, 1.165) is 21.3 Å². The highest BCUT2D eigenvalue weighted by Crippen LogP contribution is 2.28. The third-order valence-electron chi connectivity index (χ3n) is 3.62. The molecular formula is C20H24BrNO3. The van der Waals surface area contributed by atoms with Gasteiger partial charge in [0.15, 0.2) is 0 Å². The molecule has 1 amide bonds. The zero-order valence-electron chi connectivity index (χ0n) is 15.0. The summed E-state index contributed by atoms with van der Waals surface area (Å²) >= 11 is 3.46. The van der Waals surface area contributed by atoms with E-state index in [2.05, 4.69) is 21.2 Å². The molecule has 1 unspecified atom stereocenters. The highest BCUT2D eigenvalue weighted by atomic mass is 79.9. The van der Waals surface area contributed by atoms with Crippen molar-refractivity contribution in [1.82, 2.24) is 5.32 Å². The van der Waals surface area contributed by atoms with Gasteiger partial charge in [-0.25, -0.2) is 4.79 Å². The lowest BCUT2D eigenvalue weighted by molar-refractivity contribution is 0.0526. The Morgan fingerprint density at radius 3 is 2.40 bits per heavy atom. The molecule has 25 heavy (non-hydrogen) atoms. The van der Waals surface area contributed by atoms with E-state index in [9.17, 15) is 4.79 Å². The Balaban J connectivity index is 2.23. The summed E-state index contributed by atoms with van der Waals surface area (Å²) in [6.45, 7) is 5.98. The third kappa shape index (κ3) is 6.09. The van der Waals surface area contributed by atoms with Crippen LogP contribution < -0.4 is 10.1 Å². The largest absolute Gasteiger partial charge is 0.497 e. The fourth-order valence-electron chi connectivity index (χ4n) is 2.48. The SMILES string of the molecule is COc1cccc(C(CNC(=O)OC(C)(C)C)c2ccc(Br)cc2)c1. The minimum Gasteiger partial charge on any atom is -0.497 e. The van der Waals surface area contributed by atoms with E-state index in [0.29, 0.717) is 6.54 Å². The van der Waals surface area contributed by atoms with E-state index in [4.69, 9.17) is 9.47 Å². The van der Waals surface area contributed by atoms with E-state index in [1.54, 1.807) is 7.11 Å². The van der Waals surface area contributed by atoms with Gasteiger partial charge < -0.3 is 14.8 Å². The van der Waals surface area contributed by atoms with Crippen LogP contribution in [0.1, 0.15) is 37.8 Å². The summed E-state index contributed by atoms with van der Waals surface area (Å²) in [5.41, 5.74) is 1.65. The van der Waals surface area contributed by atoms with E-state index in [1.807, 2.05) is 69.3 Å². The fourth-order valence-corrected chi connectivity index (χ4v) is 2.75. The summed E-state index contributed by atoms with van der Waals surface area (Å²) in [5, 5.41) is 2.87. The second kappa shape index (κ2) is 8.39. The molecule has 0 saturated heterocycles. The van der Waals surface area contributed by atoms with Crippen LogP contribution in [0.15, 0.2) is 53.0 Å². The molecule has 0 bridgehead atoms.